The van der Waals surface area contributed by atoms with Crippen LogP contribution < -0.4 is 0 Å². The predicted molar refractivity (Wildman–Crippen MR) is 101 cm³/mol. The Morgan fingerprint density at radius 2 is 1.48 bits per heavy atom. The van der Waals surface area contributed by atoms with Crippen LogP contribution in [0.15, 0.2) is 48.5 Å². The van der Waals surface area contributed by atoms with Crippen molar-refractivity contribution in [2.75, 3.05) is 0 Å². The molecule has 0 bridgehead atoms. The number of aromatic amines is 1. The second-order valence-electron chi connectivity index (χ2n) is 6.80. The highest BCUT2D eigenvalue weighted by atomic mass is 16.1. The molecule has 25 heavy (non-hydrogen) atoms. The molecule has 2 aromatic carbocycles. The van der Waals surface area contributed by atoms with E-state index in [4.69, 9.17) is 0 Å². The fourth-order valence-corrected chi connectivity index (χ4v) is 3.75. The van der Waals surface area contributed by atoms with Gasteiger partial charge in [-0.25, -0.2) is 0 Å². The van der Waals surface area contributed by atoms with E-state index in [2.05, 4.69) is 4.98 Å². The second kappa shape index (κ2) is 6.67. The molecular weight excluding hydrogens is 310 g/mol. The van der Waals surface area contributed by atoms with Crippen molar-refractivity contribution >= 4 is 22.5 Å². The van der Waals surface area contributed by atoms with Crippen LogP contribution in [-0.4, -0.2) is 16.6 Å². The lowest BCUT2D eigenvalue weighted by Gasteiger charge is -2.25. The molecule has 0 aliphatic heterocycles. The Labute approximate surface area is 148 Å². The molecule has 0 saturated heterocycles. The number of aromatic nitrogens is 1. The van der Waals surface area contributed by atoms with Crippen molar-refractivity contribution in [1.29, 1.82) is 0 Å². The van der Waals surface area contributed by atoms with E-state index in [1.165, 1.54) is 13.8 Å². The number of rotatable bonds is 5. The summed E-state index contributed by atoms with van der Waals surface area (Å²) in [6.45, 7) is 7.06. The van der Waals surface area contributed by atoms with Gasteiger partial charge in [0.25, 0.3) is 0 Å². The SMILES string of the molecule is CC(=O)C(C(C)=O)[C@@H](c1ccc(C)cc1)c1c(C)[nH]c2ccccc12. The van der Waals surface area contributed by atoms with E-state index < -0.39 is 5.92 Å². The Hall–Kier alpha value is -2.68. The zero-order valence-corrected chi connectivity index (χ0v) is 15.1. The first-order valence-electron chi connectivity index (χ1n) is 8.54. The lowest BCUT2D eigenvalue weighted by atomic mass is 9.76. The van der Waals surface area contributed by atoms with Crippen molar-refractivity contribution in [2.24, 2.45) is 5.92 Å². The van der Waals surface area contributed by atoms with Crippen LogP contribution in [0.25, 0.3) is 10.9 Å². The molecule has 0 saturated carbocycles. The molecule has 3 nitrogen and oxygen atoms in total. The Bertz CT molecular complexity index is 920. The predicted octanol–water partition coefficient (Wildman–Crippen LogP) is 4.71. The molecule has 3 rings (SSSR count). The molecule has 0 aliphatic carbocycles. The number of H-pyrrole nitrogens is 1. The zero-order valence-electron chi connectivity index (χ0n) is 15.1. The number of aryl methyl sites for hydroxylation is 2. The van der Waals surface area contributed by atoms with Crippen molar-refractivity contribution in [1.82, 2.24) is 4.98 Å². The maximum absolute atomic E-state index is 12.4. The van der Waals surface area contributed by atoms with Crippen LogP contribution in [0.4, 0.5) is 0 Å². The van der Waals surface area contributed by atoms with Crippen molar-refractivity contribution in [3.05, 3.63) is 70.9 Å². The van der Waals surface area contributed by atoms with Gasteiger partial charge >= 0.3 is 0 Å². The summed E-state index contributed by atoms with van der Waals surface area (Å²) in [5, 5.41) is 1.07. The van der Waals surface area contributed by atoms with E-state index in [1.807, 2.05) is 62.4 Å². The topological polar surface area (TPSA) is 49.9 Å². The molecule has 0 radical (unpaired) electrons. The van der Waals surface area contributed by atoms with E-state index in [0.29, 0.717) is 0 Å². The fraction of sp³-hybridized carbons (Fsp3) is 0.273. The van der Waals surface area contributed by atoms with E-state index in [-0.39, 0.29) is 17.5 Å². The maximum atomic E-state index is 12.4. The standard InChI is InChI=1S/C22H23NO2/c1-13-9-11-17(12-10-13)22(21(15(3)24)16(4)25)20-14(2)23-19-8-6-5-7-18(19)20/h5-12,21-23H,1-4H3/t22-/m0/s1. The summed E-state index contributed by atoms with van der Waals surface area (Å²) in [6.07, 6.45) is 0. The summed E-state index contributed by atoms with van der Waals surface area (Å²) in [5.41, 5.74) is 5.21. The van der Waals surface area contributed by atoms with Gasteiger partial charge in [0.05, 0.1) is 5.92 Å². The first-order valence-corrected chi connectivity index (χ1v) is 8.54. The summed E-state index contributed by atoms with van der Waals surface area (Å²) < 4.78 is 0. The summed E-state index contributed by atoms with van der Waals surface area (Å²) in [5.74, 6) is -1.15. The van der Waals surface area contributed by atoms with E-state index in [1.54, 1.807) is 0 Å². The largest absolute Gasteiger partial charge is 0.358 e. The molecule has 0 unspecified atom stereocenters. The number of carbonyl (C=O) groups is 2. The fourth-order valence-electron chi connectivity index (χ4n) is 3.75. The normalized spacial score (nSPS) is 12.5. The van der Waals surface area contributed by atoms with Crippen molar-refractivity contribution < 1.29 is 9.59 Å². The Morgan fingerprint density at radius 1 is 0.880 bits per heavy atom. The van der Waals surface area contributed by atoms with Crippen molar-refractivity contribution in [3.63, 3.8) is 0 Å². The highest BCUT2D eigenvalue weighted by molar-refractivity contribution is 6.02. The van der Waals surface area contributed by atoms with E-state index in [0.717, 1.165) is 33.3 Å². The van der Waals surface area contributed by atoms with Gasteiger partial charge in [0.15, 0.2) is 0 Å². The third-order valence-electron chi connectivity index (χ3n) is 4.90. The molecule has 0 spiro atoms. The lowest BCUT2D eigenvalue weighted by molar-refractivity contribution is -0.130. The molecular formula is C22H23NO2. The van der Waals surface area contributed by atoms with Gasteiger partial charge in [0.2, 0.25) is 0 Å². The van der Waals surface area contributed by atoms with Gasteiger partial charge in [-0.2, -0.15) is 0 Å². The lowest BCUT2D eigenvalue weighted by Crippen LogP contribution is -2.28. The summed E-state index contributed by atoms with van der Waals surface area (Å²) in [4.78, 5) is 28.2. The average Bonchev–Trinajstić information content (AvgIpc) is 2.88. The Balaban J connectivity index is 2.30. The third-order valence-corrected chi connectivity index (χ3v) is 4.90. The van der Waals surface area contributed by atoms with Gasteiger partial charge in [-0.15, -0.1) is 0 Å². The molecule has 0 amide bonds. The minimum atomic E-state index is -0.680. The number of para-hydroxylation sites is 1. The molecule has 1 heterocycles. The summed E-state index contributed by atoms with van der Waals surface area (Å²) in [7, 11) is 0. The molecule has 3 heteroatoms. The van der Waals surface area contributed by atoms with Gasteiger partial charge in [-0.05, 0) is 44.9 Å². The van der Waals surface area contributed by atoms with Gasteiger partial charge in [-0.1, -0.05) is 48.0 Å². The molecule has 128 valence electrons. The third kappa shape index (κ3) is 3.14. The number of carbonyl (C=O) groups excluding carboxylic acids is 2. The van der Waals surface area contributed by atoms with Crippen LogP contribution in [0.3, 0.4) is 0 Å². The van der Waals surface area contributed by atoms with Gasteiger partial charge < -0.3 is 4.98 Å². The first-order chi connectivity index (χ1) is 11.9. The maximum Gasteiger partial charge on any atom is 0.141 e. The summed E-state index contributed by atoms with van der Waals surface area (Å²) >= 11 is 0. The number of nitrogens with one attached hydrogen (secondary N) is 1. The number of hydrogen-bond donors (Lipinski definition) is 1. The zero-order chi connectivity index (χ0) is 18.1. The van der Waals surface area contributed by atoms with Crippen LogP contribution in [0.2, 0.25) is 0 Å². The highest BCUT2D eigenvalue weighted by Gasteiger charge is 2.34. The van der Waals surface area contributed by atoms with E-state index in [9.17, 15) is 9.59 Å². The number of hydrogen-bond acceptors (Lipinski definition) is 2. The monoisotopic (exact) mass is 333 g/mol. The average molecular weight is 333 g/mol. The number of Topliss-reactive ketones (excluding diaryl/α,β-unsaturated/α-hetero) is 2. The summed E-state index contributed by atoms with van der Waals surface area (Å²) in [6, 6.07) is 16.2. The van der Waals surface area contributed by atoms with Crippen LogP contribution in [-0.2, 0) is 9.59 Å². The molecule has 0 aliphatic rings. The molecule has 0 fully saturated rings. The molecule has 1 aromatic heterocycles. The second-order valence-corrected chi connectivity index (χ2v) is 6.80. The van der Waals surface area contributed by atoms with Crippen LogP contribution >= 0.6 is 0 Å². The van der Waals surface area contributed by atoms with Crippen LogP contribution in [0, 0.1) is 19.8 Å². The quantitative estimate of drug-likeness (QED) is 0.687. The number of benzene rings is 2. The number of ketones is 2. The van der Waals surface area contributed by atoms with E-state index >= 15 is 0 Å². The molecule has 1 atom stereocenters. The smallest absolute Gasteiger partial charge is 0.141 e. The first kappa shape index (κ1) is 17.2. The minimum Gasteiger partial charge on any atom is -0.358 e. The Morgan fingerprint density at radius 3 is 2.08 bits per heavy atom. The van der Waals surface area contributed by atoms with Crippen molar-refractivity contribution in [3.8, 4) is 0 Å². The van der Waals surface area contributed by atoms with Gasteiger partial charge in [-0.3, -0.25) is 9.59 Å². The molecule has 1 N–H and O–H groups in total. The van der Waals surface area contributed by atoms with Gasteiger partial charge in [0, 0.05) is 22.5 Å². The van der Waals surface area contributed by atoms with Crippen LogP contribution in [0.1, 0.15) is 42.1 Å². The van der Waals surface area contributed by atoms with Gasteiger partial charge in [0.1, 0.15) is 11.6 Å². The van der Waals surface area contributed by atoms with Crippen LogP contribution in [0.5, 0.6) is 0 Å². The Kier molecular flexibility index (Phi) is 4.58. The highest BCUT2D eigenvalue weighted by Crippen LogP contribution is 2.39. The van der Waals surface area contributed by atoms with Crippen molar-refractivity contribution in [2.45, 2.75) is 33.6 Å². The number of fused-ring (bicyclic) bond motifs is 1. The molecule has 3 aromatic rings. The minimum absolute atomic E-state index is 0.0947.